The number of hydrogen-bond acceptors (Lipinski definition) is 3. The second-order valence-corrected chi connectivity index (χ2v) is 11.3. The zero-order valence-electron chi connectivity index (χ0n) is 21.3. The topological polar surface area (TPSA) is 39.4 Å². The van der Waals surface area contributed by atoms with Crippen LogP contribution in [0.15, 0.2) is 101 Å². The van der Waals surface area contributed by atoms with Gasteiger partial charge in [-0.3, -0.25) is 4.99 Å². The Kier molecular flexibility index (Phi) is 5.92. The van der Waals surface area contributed by atoms with Gasteiger partial charge in [-0.05, 0) is 49.0 Å². The number of rotatable bonds is 3. The van der Waals surface area contributed by atoms with E-state index in [9.17, 15) is 5.26 Å². The third-order valence-corrected chi connectivity index (χ3v) is 8.92. The van der Waals surface area contributed by atoms with E-state index in [2.05, 4.69) is 115 Å². The van der Waals surface area contributed by atoms with Crippen molar-refractivity contribution in [2.45, 2.75) is 51.0 Å². The van der Waals surface area contributed by atoms with Crippen LogP contribution in [-0.2, 0) is 5.41 Å². The van der Waals surface area contributed by atoms with Gasteiger partial charge in [-0.1, -0.05) is 86.2 Å². The van der Waals surface area contributed by atoms with Crippen LogP contribution < -0.4 is 4.90 Å². The van der Waals surface area contributed by atoms with Crippen LogP contribution in [0.3, 0.4) is 0 Å². The van der Waals surface area contributed by atoms with Crippen molar-refractivity contribution in [3.63, 3.8) is 0 Å². The van der Waals surface area contributed by atoms with Gasteiger partial charge < -0.3 is 4.90 Å². The molecule has 182 valence electrons. The first-order valence-corrected chi connectivity index (χ1v) is 13.5. The number of hydrogen-bond donors (Lipinski definition) is 0. The molecule has 5 aliphatic rings. The van der Waals surface area contributed by atoms with Crippen molar-refractivity contribution in [3.8, 4) is 6.07 Å². The van der Waals surface area contributed by atoms with Gasteiger partial charge >= 0.3 is 0 Å². The zero-order valence-corrected chi connectivity index (χ0v) is 21.3. The van der Waals surface area contributed by atoms with Crippen LogP contribution in [0.5, 0.6) is 0 Å². The Morgan fingerprint density at radius 2 is 1.94 bits per heavy atom. The van der Waals surface area contributed by atoms with E-state index >= 15 is 0 Å². The van der Waals surface area contributed by atoms with Crippen molar-refractivity contribution in [1.82, 2.24) is 0 Å². The van der Waals surface area contributed by atoms with Gasteiger partial charge in [-0.25, -0.2) is 0 Å². The molecule has 5 atom stereocenters. The van der Waals surface area contributed by atoms with Crippen LogP contribution in [0.2, 0.25) is 0 Å². The number of nitriles is 1. The maximum absolute atomic E-state index is 9.58. The van der Waals surface area contributed by atoms with E-state index in [1.807, 2.05) is 0 Å². The number of fused-ring (bicyclic) bond motifs is 2. The van der Waals surface area contributed by atoms with Gasteiger partial charge in [-0.15, -0.1) is 0 Å². The Hall–Kier alpha value is -3.38. The van der Waals surface area contributed by atoms with E-state index in [1.54, 1.807) is 0 Å². The number of aliphatic imine (C=N–C) groups is 1. The minimum absolute atomic E-state index is 0.0169. The molecule has 0 amide bonds. The second-order valence-electron chi connectivity index (χ2n) is 11.3. The van der Waals surface area contributed by atoms with E-state index in [0.717, 1.165) is 25.7 Å². The molecule has 0 radical (unpaired) electrons. The fraction of sp³-hybridized carbons (Fsp3) is 0.394. The molecule has 1 aromatic rings. The van der Waals surface area contributed by atoms with E-state index in [-0.39, 0.29) is 17.3 Å². The van der Waals surface area contributed by atoms with Crippen LogP contribution in [-0.4, -0.2) is 18.8 Å². The molecule has 0 N–H and O–H groups in total. The van der Waals surface area contributed by atoms with Crippen molar-refractivity contribution in [1.29, 1.82) is 5.26 Å². The van der Waals surface area contributed by atoms with Crippen LogP contribution >= 0.6 is 0 Å². The lowest BCUT2D eigenvalue weighted by Crippen LogP contribution is -2.51. The monoisotopic (exact) mass is 473 g/mol. The SMILES string of the molecule is CC1(C)c2ccccc2N(C2=C(C3CC=CC=C3C3C=NCC(C#N)C3)CCC=C2)C2C=CC=CC21. The first kappa shape index (κ1) is 23.0. The molecule has 2 heterocycles. The Bertz CT molecular complexity index is 1290. The summed E-state index contributed by atoms with van der Waals surface area (Å²) in [5.41, 5.74) is 7.16. The van der Waals surface area contributed by atoms with Gasteiger partial charge in [0.2, 0.25) is 0 Å². The Morgan fingerprint density at radius 1 is 1.08 bits per heavy atom. The average molecular weight is 474 g/mol. The molecule has 0 saturated carbocycles. The normalized spacial score (nSPS) is 32.1. The summed E-state index contributed by atoms with van der Waals surface area (Å²) in [6, 6.07) is 11.8. The summed E-state index contributed by atoms with van der Waals surface area (Å²) in [6.07, 6.45) is 27.0. The summed E-state index contributed by atoms with van der Waals surface area (Å²) < 4.78 is 0. The number of para-hydroxylation sites is 1. The van der Waals surface area contributed by atoms with Gasteiger partial charge in [0.05, 0.1) is 24.6 Å². The first-order valence-electron chi connectivity index (χ1n) is 13.5. The molecule has 1 aromatic carbocycles. The molecule has 0 bridgehead atoms. The molecule has 5 unspecified atom stereocenters. The zero-order chi connectivity index (χ0) is 24.7. The Labute approximate surface area is 215 Å². The summed E-state index contributed by atoms with van der Waals surface area (Å²) in [5, 5.41) is 9.58. The molecule has 3 aliphatic carbocycles. The summed E-state index contributed by atoms with van der Waals surface area (Å²) in [5.74, 6) is 1.02. The van der Waals surface area contributed by atoms with E-state index < -0.39 is 0 Å². The van der Waals surface area contributed by atoms with Gasteiger partial charge in [0.1, 0.15) is 0 Å². The molecule has 0 aromatic heterocycles. The maximum Gasteiger partial charge on any atom is 0.0675 e. The molecule has 0 spiro atoms. The van der Waals surface area contributed by atoms with Crippen molar-refractivity contribution in [3.05, 3.63) is 101 Å². The second kappa shape index (κ2) is 9.25. The number of allylic oxidation sites excluding steroid dienone is 9. The lowest BCUT2D eigenvalue weighted by atomic mass is 9.65. The minimum Gasteiger partial charge on any atom is -0.334 e. The molecule has 36 heavy (non-hydrogen) atoms. The molecular formula is C33H35N3. The van der Waals surface area contributed by atoms with Gasteiger partial charge in [0.15, 0.2) is 0 Å². The molecular weight excluding hydrogens is 438 g/mol. The third kappa shape index (κ3) is 3.75. The predicted octanol–water partition coefficient (Wildman–Crippen LogP) is 7.23. The van der Waals surface area contributed by atoms with Crippen molar-refractivity contribution in [2.75, 3.05) is 11.4 Å². The van der Waals surface area contributed by atoms with Crippen LogP contribution in [0.1, 0.15) is 45.1 Å². The Balaban J connectivity index is 1.48. The maximum atomic E-state index is 9.58. The molecule has 0 fully saturated rings. The van der Waals surface area contributed by atoms with E-state index in [4.69, 9.17) is 0 Å². The Morgan fingerprint density at radius 3 is 2.83 bits per heavy atom. The highest BCUT2D eigenvalue weighted by Crippen LogP contribution is 2.51. The van der Waals surface area contributed by atoms with Crippen molar-refractivity contribution >= 4 is 11.9 Å². The predicted molar refractivity (Wildman–Crippen MR) is 149 cm³/mol. The van der Waals surface area contributed by atoms with Gasteiger partial charge in [0, 0.05) is 40.8 Å². The highest BCUT2D eigenvalue weighted by Gasteiger charge is 2.46. The summed E-state index contributed by atoms with van der Waals surface area (Å²) >= 11 is 0. The summed E-state index contributed by atoms with van der Waals surface area (Å²) in [4.78, 5) is 7.24. The quantitative estimate of drug-likeness (QED) is 0.464. The van der Waals surface area contributed by atoms with Gasteiger partial charge in [0.25, 0.3) is 0 Å². The van der Waals surface area contributed by atoms with E-state index in [0.29, 0.717) is 24.4 Å². The largest absolute Gasteiger partial charge is 0.334 e. The fourth-order valence-electron chi connectivity index (χ4n) is 7.07. The van der Waals surface area contributed by atoms with E-state index in [1.165, 1.54) is 28.1 Å². The van der Waals surface area contributed by atoms with Crippen molar-refractivity contribution in [2.24, 2.45) is 28.7 Å². The van der Waals surface area contributed by atoms with Crippen LogP contribution in [0.4, 0.5) is 5.69 Å². The highest BCUT2D eigenvalue weighted by atomic mass is 15.2. The van der Waals surface area contributed by atoms with Crippen LogP contribution in [0.25, 0.3) is 0 Å². The van der Waals surface area contributed by atoms with Crippen LogP contribution in [0, 0.1) is 35.0 Å². The molecule has 3 nitrogen and oxygen atoms in total. The molecule has 6 rings (SSSR count). The smallest absolute Gasteiger partial charge is 0.0675 e. The van der Waals surface area contributed by atoms with Crippen molar-refractivity contribution < 1.29 is 0 Å². The lowest BCUT2D eigenvalue weighted by Gasteiger charge is -2.52. The summed E-state index contributed by atoms with van der Waals surface area (Å²) in [7, 11) is 0. The number of anilines is 1. The first-order chi connectivity index (χ1) is 17.6. The molecule has 3 heteroatoms. The minimum atomic E-state index is 0.0169. The standard InChI is InChI=1S/C33H35N3/c1-33(2)28-14-6-9-17-31(28)36(32-18-10-7-15-29(32)33)30-16-8-5-13-27(30)26-12-4-3-11-25(26)24-19-23(20-34)21-35-22-24/h3-4,6-11,14-18,22-24,26,28,31H,5,12-13,19,21H2,1-2H3. The fourth-order valence-corrected chi connectivity index (χ4v) is 7.07. The van der Waals surface area contributed by atoms with Gasteiger partial charge in [-0.2, -0.15) is 5.26 Å². The lowest BCUT2D eigenvalue weighted by molar-refractivity contribution is 0.328. The molecule has 0 saturated heterocycles. The average Bonchev–Trinajstić information content (AvgIpc) is 2.94. The highest BCUT2D eigenvalue weighted by molar-refractivity contribution is 5.70. The summed E-state index contributed by atoms with van der Waals surface area (Å²) in [6.45, 7) is 5.44. The third-order valence-electron chi connectivity index (χ3n) is 8.92. The number of benzene rings is 1. The number of nitrogens with zero attached hydrogens (tertiary/aromatic N) is 3. The molecule has 2 aliphatic heterocycles.